The molecule has 0 fully saturated rings. The number of hydrogen-bond acceptors (Lipinski definition) is 4. The molecule has 0 aromatic heterocycles. The van der Waals surface area contributed by atoms with Crippen LogP contribution in [0, 0.1) is 5.41 Å². The second kappa shape index (κ2) is 7.93. The van der Waals surface area contributed by atoms with Crippen molar-refractivity contribution in [3.05, 3.63) is 0 Å². The van der Waals surface area contributed by atoms with E-state index in [4.69, 9.17) is 9.05 Å². The molecule has 0 rings (SSSR count). The van der Waals surface area contributed by atoms with Crippen LogP contribution < -0.4 is 5.32 Å². The fraction of sp³-hybridized carbons (Fsp3) is 0.917. The van der Waals surface area contributed by atoms with E-state index in [1.807, 2.05) is 0 Å². The van der Waals surface area contributed by atoms with Crippen molar-refractivity contribution in [3.8, 4) is 0 Å². The highest BCUT2D eigenvalue weighted by atomic mass is 31.2. The van der Waals surface area contributed by atoms with E-state index in [2.05, 4.69) is 26.1 Å². The van der Waals surface area contributed by atoms with Gasteiger partial charge in [0.2, 0.25) is 5.91 Å². The van der Waals surface area contributed by atoms with E-state index in [9.17, 15) is 9.36 Å². The van der Waals surface area contributed by atoms with Crippen molar-refractivity contribution in [2.45, 2.75) is 41.0 Å². The molecule has 0 aliphatic rings. The summed E-state index contributed by atoms with van der Waals surface area (Å²) in [5, 5.41) is 2.74. The highest BCUT2D eigenvalue weighted by Gasteiger charge is 2.27. The second-order valence-corrected chi connectivity index (χ2v) is 7.32. The van der Waals surface area contributed by atoms with E-state index in [0.717, 1.165) is 6.42 Å². The summed E-state index contributed by atoms with van der Waals surface area (Å²) in [5.74, 6) is -0.288. The third kappa shape index (κ3) is 8.67. The lowest BCUT2D eigenvalue weighted by Crippen LogP contribution is -2.30. The number of carbonyl (C=O) groups excluding carboxylic acids is 1. The van der Waals surface area contributed by atoms with Gasteiger partial charge in [-0.05, 0) is 25.7 Å². The maximum Gasteiger partial charge on any atom is 0.340 e. The van der Waals surface area contributed by atoms with Gasteiger partial charge in [-0.1, -0.05) is 20.8 Å². The number of amides is 1. The highest BCUT2D eigenvalue weighted by molar-refractivity contribution is 7.54. The molecule has 0 unspecified atom stereocenters. The molecule has 0 aromatic rings. The smallest absolute Gasteiger partial charge is 0.340 e. The zero-order valence-electron chi connectivity index (χ0n) is 12.1. The van der Waals surface area contributed by atoms with Gasteiger partial charge in [0.1, 0.15) is 6.16 Å². The van der Waals surface area contributed by atoms with Crippen molar-refractivity contribution in [2.24, 2.45) is 5.41 Å². The lowest BCUT2D eigenvalue weighted by Gasteiger charge is -2.19. The standard InChI is InChI=1S/C12H26NO4P/c1-6-16-18(15,17-7-2)10-11(14)13-9-8-12(3,4)5/h6-10H2,1-5H3,(H,13,14). The van der Waals surface area contributed by atoms with E-state index >= 15 is 0 Å². The van der Waals surface area contributed by atoms with Gasteiger partial charge in [0.15, 0.2) is 0 Å². The first-order valence-corrected chi connectivity index (χ1v) is 8.10. The topological polar surface area (TPSA) is 64.6 Å². The van der Waals surface area contributed by atoms with Crippen LogP contribution in [0.5, 0.6) is 0 Å². The van der Waals surface area contributed by atoms with Gasteiger partial charge >= 0.3 is 7.60 Å². The fourth-order valence-corrected chi connectivity index (χ4v) is 2.84. The van der Waals surface area contributed by atoms with E-state index in [-0.39, 0.29) is 30.7 Å². The molecule has 0 aliphatic carbocycles. The van der Waals surface area contributed by atoms with Gasteiger partial charge in [0, 0.05) is 6.54 Å². The van der Waals surface area contributed by atoms with Gasteiger partial charge in [0.05, 0.1) is 13.2 Å². The number of hydrogen-bond donors (Lipinski definition) is 1. The third-order valence-corrected chi connectivity index (χ3v) is 4.16. The van der Waals surface area contributed by atoms with Gasteiger partial charge in [0.25, 0.3) is 0 Å². The molecule has 1 N–H and O–H groups in total. The molecule has 0 bridgehead atoms. The molecule has 18 heavy (non-hydrogen) atoms. The van der Waals surface area contributed by atoms with Gasteiger partial charge in [-0.15, -0.1) is 0 Å². The van der Waals surface area contributed by atoms with Crippen LogP contribution in [-0.4, -0.2) is 31.8 Å². The van der Waals surface area contributed by atoms with Crippen molar-refractivity contribution in [1.82, 2.24) is 5.32 Å². The van der Waals surface area contributed by atoms with Gasteiger partial charge in [-0.3, -0.25) is 9.36 Å². The van der Waals surface area contributed by atoms with Crippen molar-refractivity contribution in [1.29, 1.82) is 0 Å². The molecular formula is C12H26NO4P. The van der Waals surface area contributed by atoms with E-state index in [0.29, 0.717) is 6.54 Å². The average Bonchev–Trinajstić information content (AvgIpc) is 2.15. The van der Waals surface area contributed by atoms with Crippen LogP contribution in [0.3, 0.4) is 0 Å². The zero-order chi connectivity index (χ0) is 14.2. The molecule has 0 heterocycles. The molecule has 108 valence electrons. The lowest BCUT2D eigenvalue weighted by molar-refractivity contribution is -0.118. The Balaban J connectivity index is 4.15. The monoisotopic (exact) mass is 279 g/mol. The van der Waals surface area contributed by atoms with Gasteiger partial charge in [-0.25, -0.2) is 0 Å². The molecule has 0 atom stereocenters. The maximum atomic E-state index is 12.1. The SMILES string of the molecule is CCOP(=O)(CC(=O)NCCC(C)(C)C)OCC. The van der Waals surface area contributed by atoms with Crippen molar-refractivity contribution < 1.29 is 18.4 Å². The predicted molar refractivity (Wildman–Crippen MR) is 72.8 cm³/mol. The van der Waals surface area contributed by atoms with Crippen molar-refractivity contribution in [2.75, 3.05) is 25.9 Å². The fourth-order valence-electron chi connectivity index (χ4n) is 1.33. The Morgan fingerprint density at radius 3 is 2.06 bits per heavy atom. The Kier molecular flexibility index (Phi) is 7.76. The second-order valence-electron chi connectivity index (χ2n) is 5.27. The molecule has 5 nitrogen and oxygen atoms in total. The highest BCUT2D eigenvalue weighted by Crippen LogP contribution is 2.47. The Labute approximate surface area is 110 Å². The Hall–Kier alpha value is -0.380. The Morgan fingerprint density at radius 1 is 1.17 bits per heavy atom. The Morgan fingerprint density at radius 2 is 1.67 bits per heavy atom. The molecule has 0 saturated heterocycles. The molecule has 0 spiro atoms. The first kappa shape index (κ1) is 17.6. The molecule has 0 aromatic carbocycles. The van der Waals surface area contributed by atoms with Crippen LogP contribution in [0.15, 0.2) is 0 Å². The van der Waals surface area contributed by atoms with Crippen LogP contribution in [0.4, 0.5) is 0 Å². The molecule has 6 heteroatoms. The summed E-state index contributed by atoms with van der Waals surface area (Å²) < 4.78 is 22.2. The third-order valence-electron chi connectivity index (χ3n) is 2.19. The van der Waals surface area contributed by atoms with E-state index in [1.165, 1.54) is 0 Å². The van der Waals surface area contributed by atoms with Crippen LogP contribution in [0.1, 0.15) is 41.0 Å². The number of nitrogens with one attached hydrogen (secondary N) is 1. The summed E-state index contributed by atoms with van der Waals surface area (Å²) in [5.41, 5.74) is 0.164. The number of rotatable bonds is 8. The largest absolute Gasteiger partial charge is 0.356 e. The van der Waals surface area contributed by atoms with Gasteiger partial charge < -0.3 is 14.4 Å². The summed E-state index contributed by atoms with van der Waals surface area (Å²) >= 11 is 0. The summed E-state index contributed by atoms with van der Waals surface area (Å²) in [4.78, 5) is 11.7. The summed E-state index contributed by atoms with van der Waals surface area (Å²) in [6.07, 6.45) is 0.658. The van der Waals surface area contributed by atoms with Crippen LogP contribution in [0.25, 0.3) is 0 Å². The van der Waals surface area contributed by atoms with E-state index in [1.54, 1.807) is 13.8 Å². The lowest BCUT2D eigenvalue weighted by atomic mass is 9.92. The van der Waals surface area contributed by atoms with Crippen molar-refractivity contribution >= 4 is 13.5 Å². The minimum absolute atomic E-state index is 0.164. The van der Waals surface area contributed by atoms with Crippen molar-refractivity contribution in [3.63, 3.8) is 0 Å². The van der Waals surface area contributed by atoms with Gasteiger partial charge in [-0.2, -0.15) is 0 Å². The first-order valence-electron chi connectivity index (χ1n) is 6.37. The maximum absolute atomic E-state index is 12.1. The van der Waals surface area contributed by atoms with Crippen LogP contribution in [-0.2, 0) is 18.4 Å². The molecule has 0 radical (unpaired) electrons. The van der Waals surface area contributed by atoms with Crippen LogP contribution >= 0.6 is 7.60 Å². The summed E-state index contributed by atoms with van der Waals surface area (Å²) in [7, 11) is -3.27. The van der Waals surface area contributed by atoms with E-state index < -0.39 is 7.60 Å². The summed E-state index contributed by atoms with van der Waals surface area (Å²) in [6, 6.07) is 0. The average molecular weight is 279 g/mol. The quantitative estimate of drug-likeness (QED) is 0.694. The zero-order valence-corrected chi connectivity index (χ0v) is 13.0. The van der Waals surface area contributed by atoms with Crippen LogP contribution in [0.2, 0.25) is 0 Å². The molecular weight excluding hydrogens is 253 g/mol. The predicted octanol–water partition coefficient (Wildman–Crippen LogP) is 2.80. The molecule has 0 aliphatic heterocycles. The summed E-state index contributed by atoms with van der Waals surface area (Å²) in [6.45, 7) is 10.9. The molecule has 1 amide bonds. The molecule has 0 saturated carbocycles. The number of carbonyl (C=O) groups is 1. The normalized spacial score (nSPS) is 12.5. The minimum atomic E-state index is -3.27. The first-order chi connectivity index (χ1) is 8.22. The Bertz CT molecular complexity index is 289. The minimum Gasteiger partial charge on any atom is -0.356 e.